The molecule has 2 aromatic rings. The van der Waals surface area contributed by atoms with Crippen LogP contribution in [-0.4, -0.2) is 54.6 Å². The van der Waals surface area contributed by atoms with Crippen molar-refractivity contribution in [1.29, 1.82) is 0 Å². The Bertz CT molecular complexity index is 1130. The first kappa shape index (κ1) is 21.7. The Morgan fingerprint density at radius 2 is 2.00 bits per heavy atom. The summed E-state index contributed by atoms with van der Waals surface area (Å²) in [5, 5.41) is 8.54. The number of benzene rings is 2. The normalized spacial score (nSPS) is 28.7. The minimum Gasteiger partial charge on any atom is -0.493 e. The fourth-order valence-corrected chi connectivity index (χ4v) is 6.43. The summed E-state index contributed by atoms with van der Waals surface area (Å²) in [6, 6.07) is 13.6. The second-order valence-electron chi connectivity index (χ2n) is 9.43. The van der Waals surface area contributed by atoms with Gasteiger partial charge in [0.05, 0.1) is 12.7 Å². The van der Waals surface area contributed by atoms with E-state index >= 15 is 0 Å². The average molecular weight is 448 g/mol. The van der Waals surface area contributed by atoms with E-state index in [2.05, 4.69) is 24.6 Å². The molecule has 4 atom stereocenters. The molecule has 2 bridgehead atoms. The molecule has 172 valence electrons. The lowest BCUT2D eigenvalue weighted by Gasteiger charge is -2.57. The van der Waals surface area contributed by atoms with E-state index in [-0.39, 0.29) is 22.9 Å². The van der Waals surface area contributed by atoms with E-state index in [1.54, 1.807) is 31.4 Å². The van der Waals surface area contributed by atoms with Crippen LogP contribution in [0.1, 0.15) is 36.0 Å². The van der Waals surface area contributed by atoms with Crippen molar-refractivity contribution in [3.8, 4) is 11.5 Å². The molecule has 2 fully saturated rings. The Morgan fingerprint density at radius 1 is 1.24 bits per heavy atom. The lowest BCUT2D eigenvalue weighted by Crippen LogP contribution is -2.65. The van der Waals surface area contributed by atoms with Crippen molar-refractivity contribution in [2.24, 2.45) is 5.92 Å². The van der Waals surface area contributed by atoms with Crippen molar-refractivity contribution >= 4 is 17.3 Å². The fourth-order valence-electron chi connectivity index (χ4n) is 6.43. The number of likely N-dealkylation sites (tertiary alicyclic amines) is 1. The zero-order chi connectivity index (χ0) is 23.3. The molecule has 33 heavy (non-hydrogen) atoms. The third kappa shape index (κ3) is 3.19. The summed E-state index contributed by atoms with van der Waals surface area (Å²) in [5.41, 5.74) is 3.36. The van der Waals surface area contributed by atoms with E-state index in [0.717, 1.165) is 37.3 Å². The first-order valence-electron chi connectivity index (χ1n) is 11.5. The maximum absolute atomic E-state index is 12.6. The molecule has 0 amide bonds. The standard InChI is InChI=1S/C18H21NO3.C9H8O2/c1-19-8-7-18-11-4-5-13(20)17(18)22-16-14(21-2)6-3-10(15(16)18)9-12(11)19;1-7(9(10)11)8-5-3-2-4-6-8/h3,6,11-12,17H,4-5,7-9H2,1-2H3;2-6H,1H2,(H,10,11)/t11-,12+,17-,18-;/m0./s1. The molecule has 4 aliphatic rings. The van der Waals surface area contributed by atoms with Crippen molar-refractivity contribution in [1.82, 2.24) is 4.90 Å². The summed E-state index contributed by atoms with van der Waals surface area (Å²) in [4.78, 5) is 25.5. The predicted octanol–water partition coefficient (Wildman–Crippen LogP) is 3.72. The Balaban J connectivity index is 0.000000177. The molecule has 0 aromatic heterocycles. The summed E-state index contributed by atoms with van der Waals surface area (Å²) < 4.78 is 11.8. The number of carbonyl (C=O) groups is 2. The van der Waals surface area contributed by atoms with Crippen LogP contribution in [0.25, 0.3) is 5.57 Å². The molecule has 2 aromatic carbocycles. The van der Waals surface area contributed by atoms with E-state index in [9.17, 15) is 9.59 Å². The highest BCUT2D eigenvalue weighted by atomic mass is 16.5. The van der Waals surface area contributed by atoms with Gasteiger partial charge in [-0.2, -0.15) is 0 Å². The molecule has 0 unspecified atom stereocenters. The van der Waals surface area contributed by atoms with Crippen LogP contribution in [0, 0.1) is 5.92 Å². The largest absolute Gasteiger partial charge is 0.493 e. The van der Waals surface area contributed by atoms with Gasteiger partial charge in [-0.3, -0.25) is 4.79 Å². The second-order valence-corrected chi connectivity index (χ2v) is 9.43. The van der Waals surface area contributed by atoms with Crippen LogP contribution in [0.2, 0.25) is 0 Å². The minimum atomic E-state index is -0.976. The number of hydrogen-bond acceptors (Lipinski definition) is 5. The van der Waals surface area contributed by atoms with Crippen LogP contribution in [0.15, 0.2) is 49.0 Å². The first-order valence-corrected chi connectivity index (χ1v) is 11.5. The highest BCUT2D eigenvalue weighted by molar-refractivity contribution is 6.14. The van der Waals surface area contributed by atoms with Gasteiger partial charge >= 0.3 is 5.97 Å². The summed E-state index contributed by atoms with van der Waals surface area (Å²) >= 11 is 0. The highest BCUT2D eigenvalue weighted by Gasteiger charge is 2.65. The summed E-state index contributed by atoms with van der Waals surface area (Å²) in [6.45, 7) is 4.47. The van der Waals surface area contributed by atoms with Crippen molar-refractivity contribution in [3.63, 3.8) is 0 Å². The number of likely N-dealkylation sites (N-methyl/N-ethyl adjacent to an activating group) is 1. The van der Waals surface area contributed by atoms with Gasteiger partial charge in [0, 0.05) is 23.4 Å². The topological polar surface area (TPSA) is 76.1 Å². The van der Waals surface area contributed by atoms with Crippen LogP contribution < -0.4 is 9.47 Å². The molecule has 2 aliphatic heterocycles. The maximum Gasteiger partial charge on any atom is 0.335 e. The van der Waals surface area contributed by atoms with E-state index in [0.29, 0.717) is 23.9 Å². The lowest BCUT2D eigenvalue weighted by atomic mass is 9.52. The molecule has 2 heterocycles. The molecule has 1 saturated carbocycles. The molecule has 1 saturated heterocycles. The summed E-state index contributed by atoms with van der Waals surface area (Å²) in [7, 11) is 3.91. The van der Waals surface area contributed by atoms with Gasteiger partial charge in [0.25, 0.3) is 0 Å². The number of ketones is 1. The number of rotatable bonds is 3. The van der Waals surface area contributed by atoms with Crippen LogP contribution in [0.3, 0.4) is 0 Å². The van der Waals surface area contributed by atoms with Crippen LogP contribution in [0.4, 0.5) is 0 Å². The lowest BCUT2D eigenvalue weighted by molar-refractivity contribution is -0.138. The number of aliphatic carboxylic acids is 1. The van der Waals surface area contributed by atoms with Crippen molar-refractivity contribution < 1.29 is 24.2 Å². The number of Topliss-reactive ketones (excluding diaryl/α,β-unsaturated/α-hetero) is 1. The summed E-state index contributed by atoms with van der Waals surface area (Å²) in [5.74, 6) is 1.48. The van der Waals surface area contributed by atoms with Gasteiger partial charge in [-0.25, -0.2) is 4.79 Å². The van der Waals surface area contributed by atoms with Crippen molar-refractivity contribution in [2.75, 3.05) is 20.7 Å². The van der Waals surface area contributed by atoms with Crippen LogP contribution in [-0.2, 0) is 21.4 Å². The molecule has 1 spiro atoms. The smallest absolute Gasteiger partial charge is 0.335 e. The van der Waals surface area contributed by atoms with Crippen molar-refractivity contribution in [2.45, 2.75) is 43.2 Å². The Hall–Kier alpha value is -3.12. The highest BCUT2D eigenvalue weighted by Crippen LogP contribution is 2.63. The van der Waals surface area contributed by atoms with Gasteiger partial charge in [-0.15, -0.1) is 0 Å². The van der Waals surface area contributed by atoms with E-state index in [1.807, 2.05) is 12.1 Å². The number of methoxy groups -OCH3 is 1. The van der Waals surface area contributed by atoms with Crippen LogP contribution in [0.5, 0.6) is 11.5 Å². The van der Waals surface area contributed by atoms with Crippen LogP contribution >= 0.6 is 0 Å². The molecule has 6 heteroatoms. The van der Waals surface area contributed by atoms with E-state index in [4.69, 9.17) is 14.6 Å². The monoisotopic (exact) mass is 447 g/mol. The quantitative estimate of drug-likeness (QED) is 0.723. The fraction of sp³-hybridized carbons (Fsp3) is 0.407. The number of hydrogen-bond donors (Lipinski definition) is 1. The number of piperidine rings is 1. The second kappa shape index (κ2) is 8.03. The van der Waals surface area contributed by atoms with E-state index < -0.39 is 5.97 Å². The van der Waals surface area contributed by atoms with Gasteiger partial charge in [-0.05, 0) is 56.0 Å². The Morgan fingerprint density at radius 3 is 2.70 bits per heavy atom. The zero-order valence-electron chi connectivity index (χ0n) is 19.0. The molecule has 6 nitrogen and oxygen atoms in total. The maximum atomic E-state index is 12.6. The number of carbonyl (C=O) groups excluding carboxylic acids is 1. The predicted molar refractivity (Wildman–Crippen MR) is 125 cm³/mol. The molecular formula is C27H29NO5. The molecule has 2 aliphatic carbocycles. The first-order chi connectivity index (χ1) is 15.9. The Labute approximate surface area is 193 Å². The minimum absolute atomic E-state index is 0.0933. The number of carboxylic acid groups (broad SMARTS) is 1. The third-order valence-corrected chi connectivity index (χ3v) is 7.97. The number of carboxylic acids is 1. The molecule has 6 rings (SSSR count). The van der Waals surface area contributed by atoms with E-state index in [1.165, 1.54) is 11.1 Å². The SMILES string of the molecule is C=C(C(=O)O)c1ccccc1.COc1ccc2c3c1O[C@H]1C(=O)CC[C@H]4[C@@H](C2)N(C)CC[C@]314. The van der Waals surface area contributed by atoms with Gasteiger partial charge < -0.3 is 19.5 Å². The molecule has 0 radical (unpaired) electrons. The van der Waals surface area contributed by atoms with Gasteiger partial charge in [0.2, 0.25) is 0 Å². The average Bonchev–Trinajstić information content (AvgIpc) is 3.18. The number of ether oxygens (including phenoxy) is 2. The van der Waals surface area contributed by atoms with Crippen molar-refractivity contribution in [3.05, 3.63) is 65.7 Å². The zero-order valence-corrected chi connectivity index (χ0v) is 19.0. The third-order valence-electron chi connectivity index (χ3n) is 7.97. The molecular weight excluding hydrogens is 418 g/mol. The van der Waals surface area contributed by atoms with Gasteiger partial charge in [0.15, 0.2) is 23.4 Å². The molecule has 1 N–H and O–H groups in total. The van der Waals surface area contributed by atoms with Gasteiger partial charge in [0.1, 0.15) is 0 Å². The summed E-state index contributed by atoms with van der Waals surface area (Å²) in [6.07, 6.45) is 3.47. The number of nitrogens with zero attached hydrogens (tertiary/aromatic N) is 1. The Kier molecular flexibility index (Phi) is 5.28. The van der Waals surface area contributed by atoms with Gasteiger partial charge in [-0.1, -0.05) is 43.0 Å².